The van der Waals surface area contributed by atoms with Crippen molar-refractivity contribution < 1.29 is 14.1 Å². The van der Waals surface area contributed by atoms with Gasteiger partial charge >= 0.3 is 0 Å². The van der Waals surface area contributed by atoms with E-state index in [1.165, 1.54) is 6.21 Å². The van der Waals surface area contributed by atoms with E-state index < -0.39 is 11.5 Å². The Balaban J connectivity index is 1.56. The van der Waals surface area contributed by atoms with E-state index in [9.17, 15) is 9.59 Å². The summed E-state index contributed by atoms with van der Waals surface area (Å²) in [6.45, 7) is 1.38. The van der Waals surface area contributed by atoms with Gasteiger partial charge in [-0.25, -0.2) is 10.1 Å². The predicted molar refractivity (Wildman–Crippen MR) is 126 cm³/mol. The number of hydrazone groups is 1. The first-order chi connectivity index (χ1) is 15.9. The Morgan fingerprint density at radius 2 is 1.94 bits per heavy atom. The Morgan fingerprint density at radius 3 is 2.64 bits per heavy atom. The van der Waals surface area contributed by atoms with Crippen LogP contribution in [0.15, 0.2) is 67.4 Å². The summed E-state index contributed by atoms with van der Waals surface area (Å²) >= 11 is 3.36. The van der Waals surface area contributed by atoms with E-state index in [1.54, 1.807) is 14.0 Å². The van der Waals surface area contributed by atoms with Gasteiger partial charge in [0.15, 0.2) is 5.58 Å². The number of hydrogen-bond acceptors (Lipinski definition) is 7. The zero-order valence-corrected chi connectivity index (χ0v) is 19.5. The summed E-state index contributed by atoms with van der Waals surface area (Å²) in [6, 6.07) is 14.9. The molecule has 1 amide bonds. The van der Waals surface area contributed by atoms with Crippen molar-refractivity contribution in [2.45, 2.75) is 19.9 Å². The lowest BCUT2D eigenvalue weighted by atomic mass is 10.1. The van der Waals surface area contributed by atoms with Crippen LogP contribution < -0.4 is 15.7 Å². The molecule has 0 atom stereocenters. The summed E-state index contributed by atoms with van der Waals surface area (Å²) in [4.78, 5) is 25.3. The van der Waals surface area contributed by atoms with Gasteiger partial charge in [0.05, 0.1) is 19.0 Å². The standard InChI is InChI=1S/C23H20BrN5O4/c1-14-21-22(33-28-14)19(11-15-5-9-18(32-2)10-6-15)27-29(23(21)31)13-20(30)26-25-12-16-3-7-17(24)8-4-16/h3-10,12H,11,13H2,1-2H3,(H,26,30)/b25-12+. The number of nitrogens with one attached hydrogen (secondary N) is 1. The summed E-state index contributed by atoms with van der Waals surface area (Å²) in [5, 5.41) is 12.6. The fourth-order valence-electron chi connectivity index (χ4n) is 3.24. The summed E-state index contributed by atoms with van der Waals surface area (Å²) in [6.07, 6.45) is 1.90. The van der Waals surface area contributed by atoms with Crippen LogP contribution in [0.2, 0.25) is 0 Å². The lowest BCUT2D eigenvalue weighted by Crippen LogP contribution is -2.32. The minimum absolute atomic E-state index is 0.299. The van der Waals surface area contributed by atoms with E-state index in [2.05, 4.69) is 36.7 Å². The number of fused-ring (bicyclic) bond motifs is 1. The van der Waals surface area contributed by atoms with Crippen LogP contribution in [0.3, 0.4) is 0 Å². The SMILES string of the molecule is COc1ccc(Cc2nn(CC(=O)N/N=C/c3ccc(Br)cc3)c(=O)c3c(C)noc23)cc1. The van der Waals surface area contributed by atoms with E-state index in [1.807, 2.05) is 48.5 Å². The molecule has 0 bridgehead atoms. The van der Waals surface area contributed by atoms with Crippen molar-refractivity contribution in [2.75, 3.05) is 7.11 Å². The molecule has 0 aliphatic heterocycles. The highest BCUT2D eigenvalue weighted by molar-refractivity contribution is 9.10. The number of aryl methyl sites for hydroxylation is 1. The van der Waals surface area contributed by atoms with Gasteiger partial charge in [0.1, 0.15) is 23.4 Å². The Hall–Kier alpha value is -3.79. The number of carbonyl (C=O) groups is 1. The second kappa shape index (κ2) is 9.78. The molecular weight excluding hydrogens is 490 g/mol. The molecule has 33 heavy (non-hydrogen) atoms. The molecule has 168 valence electrons. The molecule has 2 heterocycles. The normalized spacial score (nSPS) is 11.2. The molecule has 0 saturated carbocycles. The third-order valence-corrected chi connectivity index (χ3v) is 5.44. The Kier molecular flexibility index (Phi) is 6.64. The van der Waals surface area contributed by atoms with Crippen LogP contribution in [-0.2, 0) is 17.8 Å². The van der Waals surface area contributed by atoms with Gasteiger partial charge < -0.3 is 9.26 Å². The monoisotopic (exact) mass is 509 g/mol. The zero-order chi connectivity index (χ0) is 23.4. The van der Waals surface area contributed by atoms with Crippen LogP contribution in [0.25, 0.3) is 11.0 Å². The maximum Gasteiger partial charge on any atom is 0.280 e. The van der Waals surface area contributed by atoms with Crippen molar-refractivity contribution in [2.24, 2.45) is 5.10 Å². The molecule has 0 radical (unpaired) electrons. The molecule has 0 fully saturated rings. The minimum Gasteiger partial charge on any atom is -0.497 e. The van der Waals surface area contributed by atoms with Gasteiger partial charge in [-0.1, -0.05) is 45.4 Å². The number of nitrogens with zero attached hydrogens (tertiary/aromatic N) is 4. The third kappa shape index (κ3) is 5.17. The van der Waals surface area contributed by atoms with Gasteiger partial charge in [0.25, 0.3) is 11.5 Å². The number of aromatic nitrogens is 3. The van der Waals surface area contributed by atoms with Gasteiger partial charge in [0, 0.05) is 10.9 Å². The predicted octanol–water partition coefficient (Wildman–Crippen LogP) is 3.21. The number of amides is 1. The van der Waals surface area contributed by atoms with Gasteiger partial charge in [-0.3, -0.25) is 9.59 Å². The molecule has 0 aliphatic rings. The molecule has 4 aromatic rings. The van der Waals surface area contributed by atoms with Crippen molar-refractivity contribution in [3.63, 3.8) is 0 Å². The van der Waals surface area contributed by atoms with E-state index in [4.69, 9.17) is 9.26 Å². The molecule has 2 aromatic carbocycles. The van der Waals surface area contributed by atoms with Crippen molar-refractivity contribution in [1.82, 2.24) is 20.4 Å². The molecule has 1 N–H and O–H groups in total. The summed E-state index contributed by atoms with van der Waals surface area (Å²) < 4.78 is 12.6. The average Bonchev–Trinajstić information content (AvgIpc) is 3.21. The Bertz CT molecular complexity index is 1380. The molecule has 2 aromatic heterocycles. The Labute approximate surface area is 197 Å². The highest BCUT2D eigenvalue weighted by Crippen LogP contribution is 2.20. The number of methoxy groups -OCH3 is 1. The largest absolute Gasteiger partial charge is 0.497 e. The summed E-state index contributed by atoms with van der Waals surface area (Å²) in [7, 11) is 1.60. The first kappa shape index (κ1) is 22.4. The number of carbonyl (C=O) groups excluding carboxylic acids is 1. The molecule has 4 rings (SSSR count). The number of halogens is 1. The van der Waals surface area contributed by atoms with E-state index in [-0.39, 0.29) is 6.54 Å². The highest BCUT2D eigenvalue weighted by atomic mass is 79.9. The maximum absolute atomic E-state index is 12.9. The second-order valence-electron chi connectivity index (χ2n) is 7.25. The molecular formula is C23H20BrN5O4. The molecule has 9 nitrogen and oxygen atoms in total. The first-order valence-electron chi connectivity index (χ1n) is 10.0. The number of rotatable bonds is 7. The molecule has 0 saturated heterocycles. The van der Waals surface area contributed by atoms with Crippen molar-refractivity contribution in [3.8, 4) is 5.75 Å². The lowest BCUT2D eigenvalue weighted by Gasteiger charge is -2.08. The molecule has 0 spiro atoms. The van der Waals surface area contributed by atoms with Crippen LogP contribution in [-0.4, -0.2) is 34.2 Å². The highest BCUT2D eigenvalue weighted by Gasteiger charge is 2.19. The molecule has 0 unspecified atom stereocenters. The quantitative estimate of drug-likeness (QED) is 0.302. The fraction of sp³-hybridized carbons (Fsp3) is 0.174. The Morgan fingerprint density at radius 1 is 1.21 bits per heavy atom. The fourth-order valence-corrected chi connectivity index (χ4v) is 3.51. The molecule has 0 aliphatic carbocycles. The average molecular weight is 510 g/mol. The minimum atomic E-state index is -0.484. The smallest absolute Gasteiger partial charge is 0.280 e. The maximum atomic E-state index is 12.9. The number of ether oxygens (including phenoxy) is 1. The first-order valence-corrected chi connectivity index (χ1v) is 10.8. The van der Waals surface area contributed by atoms with Crippen LogP contribution in [0.1, 0.15) is 22.5 Å². The third-order valence-electron chi connectivity index (χ3n) is 4.91. The van der Waals surface area contributed by atoms with Crippen LogP contribution in [0.5, 0.6) is 5.75 Å². The number of benzene rings is 2. The van der Waals surface area contributed by atoms with Crippen LogP contribution in [0, 0.1) is 6.92 Å². The van der Waals surface area contributed by atoms with Gasteiger partial charge in [0.2, 0.25) is 0 Å². The van der Waals surface area contributed by atoms with Crippen molar-refractivity contribution in [1.29, 1.82) is 0 Å². The van der Waals surface area contributed by atoms with Crippen molar-refractivity contribution >= 4 is 39.0 Å². The zero-order valence-electron chi connectivity index (χ0n) is 17.9. The van der Waals surface area contributed by atoms with Crippen LogP contribution in [0.4, 0.5) is 0 Å². The van der Waals surface area contributed by atoms with E-state index >= 15 is 0 Å². The summed E-state index contributed by atoms with van der Waals surface area (Å²) in [5.74, 6) is 0.250. The second-order valence-corrected chi connectivity index (χ2v) is 8.17. The lowest BCUT2D eigenvalue weighted by molar-refractivity contribution is -0.121. The van der Waals surface area contributed by atoms with Crippen LogP contribution >= 0.6 is 15.9 Å². The van der Waals surface area contributed by atoms with E-state index in [0.717, 1.165) is 26.0 Å². The summed E-state index contributed by atoms with van der Waals surface area (Å²) in [5.41, 5.74) is 4.99. The van der Waals surface area contributed by atoms with E-state index in [0.29, 0.717) is 28.8 Å². The van der Waals surface area contributed by atoms with Crippen molar-refractivity contribution in [3.05, 3.63) is 85.9 Å². The van der Waals surface area contributed by atoms with Gasteiger partial charge in [-0.05, 0) is 42.3 Å². The topological polar surface area (TPSA) is 112 Å². The number of hydrogen-bond donors (Lipinski definition) is 1. The van der Waals surface area contributed by atoms with Gasteiger partial charge in [-0.15, -0.1) is 0 Å². The van der Waals surface area contributed by atoms with Gasteiger partial charge in [-0.2, -0.15) is 10.2 Å². The molecule has 10 heteroatoms.